The van der Waals surface area contributed by atoms with Crippen molar-refractivity contribution in [2.45, 2.75) is 32.6 Å². The molecule has 0 spiro atoms. The van der Waals surface area contributed by atoms with Gasteiger partial charge in [0, 0.05) is 0 Å². The van der Waals surface area contributed by atoms with Crippen molar-refractivity contribution in [3.05, 3.63) is 29.6 Å². The lowest BCUT2D eigenvalue weighted by atomic mass is 10.2. The van der Waals surface area contributed by atoms with Crippen molar-refractivity contribution < 1.29 is 9.13 Å². The Morgan fingerprint density at radius 2 is 2.10 bits per heavy atom. The van der Waals surface area contributed by atoms with E-state index in [9.17, 15) is 4.39 Å². The summed E-state index contributed by atoms with van der Waals surface area (Å²) in [4.78, 5) is 0. The molecule has 0 heterocycles. The molecule has 5 nitrogen and oxygen atoms in total. The van der Waals surface area contributed by atoms with Gasteiger partial charge in [0.15, 0.2) is 11.6 Å². The van der Waals surface area contributed by atoms with Gasteiger partial charge in [-0.05, 0) is 24.1 Å². The lowest BCUT2D eigenvalue weighted by molar-refractivity contribution is 0.290. The second kappa shape index (κ2) is 8.90. The van der Waals surface area contributed by atoms with Gasteiger partial charge < -0.3 is 16.2 Å². The first-order valence-electron chi connectivity index (χ1n) is 6.67. The van der Waals surface area contributed by atoms with E-state index < -0.39 is 0 Å². The summed E-state index contributed by atoms with van der Waals surface area (Å²) in [5.41, 5.74) is 11.0. The average molecular weight is 280 g/mol. The Hall–Kier alpha value is -2.11. The van der Waals surface area contributed by atoms with Crippen LogP contribution < -0.4 is 16.2 Å². The highest BCUT2D eigenvalue weighted by atomic mass is 19.1. The average Bonchev–Trinajstić information content (AvgIpc) is 2.41. The molecular weight excluding hydrogens is 259 g/mol. The van der Waals surface area contributed by atoms with Crippen LogP contribution in [0.1, 0.15) is 38.2 Å². The zero-order valence-corrected chi connectivity index (χ0v) is 11.7. The Labute approximate surface area is 118 Å². The van der Waals surface area contributed by atoms with E-state index in [4.69, 9.17) is 16.2 Å². The maximum Gasteiger partial charge on any atom is 0.211 e. The monoisotopic (exact) mass is 280 g/mol. The highest BCUT2D eigenvalue weighted by molar-refractivity contribution is 5.82. The highest BCUT2D eigenvalue weighted by Crippen LogP contribution is 2.18. The quantitative estimate of drug-likeness (QED) is 0.332. The fourth-order valence-corrected chi connectivity index (χ4v) is 1.58. The molecule has 0 aliphatic carbocycles. The first-order chi connectivity index (χ1) is 9.63. The number of ether oxygens (including phenoxy) is 1. The van der Waals surface area contributed by atoms with E-state index in [-0.39, 0.29) is 17.5 Å². The van der Waals surface area contributed by atoms with E-state index in [1.165, 1.54) is 12.3 Å². The van der Waals surface area contributed by atoms with Crippen LogP contribution in [-0.4, -0.2) is 18.8 Å². The van der Waals surface area contributed by atoms with Crippen LogP contribution in [0.5, 0.6) is 5.75 Å². The van der Waals surface area contributed by atoms with E-state index >= 15 is 0 Å². The van der Waals surface area contributed by atoms with Gasteiger partial charge in [0.1, 0.15) is 0 Å². The van der Waals surface area contributed by atoms with E-state index in [1.54, 1.807) is 12.1 Å². The SMILES string of the molecule is CCCCCCOc1cc(C=NN=C(N)N)ccc1F. The molecule has 0 bridgehead atoms. The summed E-state index contributed by atoms with van der Waals surface area (Å²) in [5, 5.41) is 7.14. The third-order valence-electron chi connectivity index (χ3n) is 2.59. The Morgan fingerprint density at radius 1 is 1.30 bits per heavy atom. The van der Waals surface area contributed by atoms with Crippen LogP contribution in [-0.2, 0) is 0 Å². The number of hydrogen-bond donors (Lipinski definition) is 2. The van der Waals surface area contributed by atoms with Gasteiger partial charge in [-0.2, -0.15) is 5.10 Å². The molecule has 0 saturated heterocycles. The van der Waals surface area contributed by atoms with Crippen molar-refractivity contribution in [3.63, 3.8) is 0 Å². The van der Waals surface area contributed by atoms with E-state index in [0.29, 0.717) is 12.2 Å². The topological polar surface area (TPSA) is 86.0 Å². The number of nitrogens with zero attached hydrogens (tertiary/aromatic N) is 2. The van der Waals surface area contributed by atoms with E-state index in [1.807, 2.05) is 0 Å². The number of halogens is 1. The smallest absolute Gasteiger partial charge is 0.211 e. The van der Waals surface area contributed by atoms with Crippen molar-refractivity contribution in [1.82, 2.24) is 0 Å². The minimum absolute atomic E-state index is 0.129. The lowest BCUT2D eigenvalue weighted by Crippen LogP contribution is -2.21. The van der Waals surface area contributed by atoms with Crippen LogP contribution in [0.25, 0.3) is 0 Å². The van der Waals surface area contributed by atoms with Crippen molar-refractivity contribution in [2.75, 3.05) is 6.61 Å². The van der Waals surface area contributed by atoms with Crippen LogP contribution in [0.4, 0.5) is 4.39 Å². The van der Waals surface area contributed by atoms with Crippen molar-refractivity contribution in [3.8, 4) is 5.75 Å². The van der Waals surface area contributed by atoms with E-state index in [0.717, 1.165) is 25.7 Å². The standard InChI is InChI=1S/C14H21FN4O/c1-2-3-4-5-8-20-13-9-11(6-7-12(13)15)10-18-19-14(16)17/h6-7,9-10H,2-5,8H2,1H3,(H4,16,17,19). The van der Waals surface area contributed by atoms with Gasteiger partial charge in [-0.15, -0.1) is 5.10 Å². The molecule has 0 aromatic heterocycles. The molecule has 0 aliphatic rings. The molecule has 0 aliphatic heterocycles. The van der Waals surface area contributed by atoms with Gasteiger partial charge in [-0.3, -0.25) is 0 Å². The molecule has 1 rings (SSSR count). The summed E-state index contributed by atoms with van der Waals surface area (Å²) in [5.74, 6) is -0.301. The molecule has 1 aromatic rings. The van der Waals surface area contributed by atoms with Gasteiger partial charge >= 0.3 is 0 Å². The predicted octanol–water partition coefficient (Wildman–Crippen LogP) is 2.39. The van der Waals surface area contributed by atoms with Gasteiger partial charge in [0.05, 0.1) is 12.8 Å². The molecular formula is C14H21FN4O. The first kappa shape index (κ1) is 15.9. The van der Waals surface area contributed by atoms with Gasteiger partial charge in [-0.1, -0.05) is 32.3 Å². The number of hydrogen-bond acceptors (Lipinski definition) is 3. The minimum atomic E-state index is -0.389. The molecule has 6 heteroatoms. The summed E-state index contributed by atoms with van der Waals surface area (Å²) in [7, 11) is 0. The summed E-state index contributed by atoms with van der Waals surface area (Å²) in [6, 6.07) is 4.48. The van der Waals surface area contributed by atoms with Gasteiger partial charge in [0.2, 0.25) is 5.96 Å². The van der Waals surface area contributed by atoms with Crippen LogP contribution in [0, 0.1) is 5.82 Å². The fourth-order valence-electron chi connectivity index (χ4n) is 1.58. The number of unbranched alkanes of at least 4 members (excludes halogenated alkanes) is 3. The predicted molar refractivity (Wildman–Crippen MR) is 79.4 cm³/mol. The summed E-state index contributed by atoms with van der Waals surface area (Å²) < 4.78 is 19.0. The Bertz CT molecular complexity index is 470. The number of nitrogens with two attached hydrogens (primary N) is 2. The van der Waals surface area contributed by atoms with Gasteiger partial charge in [-0.25, -0.2) is 4.39 Å². The zero-order valence-electron chi connectivity index (χ0n) is 11.7. The molecule has 0 atom stereocenters. The maximum atomic E-state index is 13.6. The first-order valence-corrected chi connectivity index (χ1v) is 6.67. The number of rotatable bonds is 8. The molecule has 1 aromatic carbocycles. The number of guanidine groups is 1. The largest absolute Gasteiger partial charge is 0.490 e. The molecule has 0 amide bonds. The highest BCUT2D eigenvalue weighted by Gasteiger charge is 2.03. The normalized spacial score (nSPS) is 10.7. The van der Waals surface area contributed by atoms with Crippen molar-refractivity contribution in [2.24, 2.45) is 21.7 Å². The summed E-state index contributed by atoms with van der Waals surface area (Å²) in [6.45, 7) is 2.64. The molecule has 0 fully saturated rings. The van der Waals surface area contributed by atoms with Crippen LogP contribution in [0.15, 0.2) is 28.4 Å². The van der Waals surface area contributed by atoms with Crippen LogP contribution >= 0.6 is 0 Å². The van der Waals surface area contributed by atoms with Crippen LogP contribution in [0.2, 0.25) is 0 Å². The molecule has 0 unspecified atom stereocenters. The third kappa shape index (κ3) is 6.17. The summed E-state index contributed by atoms with van der Waals surface area (Å²) >= 11 is 0. The molecule has 20 heavy (non-hydrogen) atoms. The fraction of sp³-hybridized carbons (Fsp3) is 0.429. The molecule has 4 N–H and O–H groups in total. The molecule has 0 radical (unpaired) electrons. The lowest BCUT2D eigenvalue weighted by Gasteiger charge is -2.07. The Balaban J connectivity index is 2.57. The minimum Gasteiger partial charge on any atom is -0.490 e. The maximum absolute atomic E-state index is 13.6. The van der Waals surface area contributed by atoms with E-state index in [2.05, 4.69) is 17.1 Å². The molecule has 110 valence electrons. The van der Waals surface area contributed by atoms with Crippen molar-refractivity contribution in [1.29, 1.82) is 0 Å². The van der Waals surface area contributed by atoms with Gasteiger partial charge in [0.25, 0.3) is 0 Å². The summed E-state index contributed by atoms with van der Waals surface area (Å²) in [6.07, 6.45) is 5.76. The second-order valence-electron chi connectivity index (χ2n) is 4.37. The Morgan fingerprint density at radius 3 is 2.80 bits per heavy atom. The molecule has 0 saturated carbocycles. The Kier molecular flexibility index (Phi) is 7.10. The zero-order chi connectivity index (χ0) is 14.8. The van der Waals surface area contributed by atoms with Crippen molar-refractivity contribution >= 4 is 12.2 Å². The number of benzene rings is 1. The third-order valence-corrected chi connectivity index (χ3v) is 2.59. The van der Waals surface area contributed by atoms with Crippen LogP contribution in [0.3, 0.4) is 0 Å². The second-order valence-corrected chi connectivity index (χ2v) is 4.37.